The van der Waals surface area contributed by atoms with Gasteiger partial charge in [0.05, 0.1) is 6.10 Å². The number of hydrogen-bond donors (Lipinski definition) is 1. The van der Waals surface area contributed by atoms with E-state index in [0.29, 0.717) is 12.1 Å². The number of pyridine rings is 1. The summed E-state index contributed by atoms with van der Waals surface area (Å²) >= 11 is 0. The van der Waals surface area contributed by atoms with Crippen LogP contribution in [0.3, 0.4) is 0 Å². The largest absolute Gasteiger partial charge is 0.377 e. The third-order valence-electron chi connectivity index (χ3n) is 2.94. The van der Waals surface area contributed by atoms with Gasteiger partial charge in [0.15, 0.2) is 0 Å². The average molecular weight is 206 g/mol. The fourth-order valence-corrected chi connectivity index (χ4v) is 2.08. The van der Waals surface area contributed by atoms with Gasteiger partial charge in [-0.15, -0.1) is 0 Å². The molecule has 1 aromatic heterocycles. The Morgan fingerprint density at radius 3 is 3.13 bits per heavy atom. The fourth-order valence-electron chi connectivity index (χ4n) is 2.08. The van der Waals surface area contributed by atoms with Crippen LogP contribution in [-0.2, 0) is 11.2 Å². The first-order valence-corrected chi connectivity index (χ1v) is 5.59. The minimum Gasteiger partial charge on any atom is -0.377 e. The second kappa shape index (κ2) is 5.24. The van der Waals surface area contributed by atoms with Crippen LogP contribution in [0.4, 0.5) is 0 Å². The monoisotopic (exact) mass is 206 g/mol. The minimum atomic E-state index is 0.358. The zero-order valence-electron chi connectivity index (χ0n) is 9.15. The molecule has 0 radical (unpaired) electrons. The van der Waals surface area contributed by atoms with Gasteiger partial charge >= 0.3 is 0 Å². The summed E-state index contributed by atoms with van der Waals surface area (Å²) < 4.78 is 5.69. The third kappa shape index (κ3) is 2.76. The summed E-state index contributed by atoms with van der Waals surface area (Å²) in [5.41, 5.74) is 1.13. The second-order valence-corrected chi connectivity index (χ2v) is 3.97. The Morgan fingerprint density at radius 2 is 2.53 bits per heavy atom. The van der Waals surface area contributed by atoms with Gasteiger partial charge in [-0.1, -0.05) is 6.07 Å². The number of ether oxygens (including phenoxy) is 1. The number of aromatic nitrogens is 1. The van der Waals surface area contributed by atoms with Crippen LogP contribution in [0.5, 0.6) is 0 Å². The summed E-state index contributed by atoms with van der Waals surface area (Å²) in [4.78, 5) is 4.34. The molecule has 0 amide bonds. The molecule has 3 nitrogen and oxygen atoms in total. The Morgan fingerprint density at radius 1 is 1.60 bits per heavy atom. The van der Waals surface area contributed by atoms with Crippen molar-refractivity contribution in [1.82, 2.24) is 10.3 Å². The standard InChI is InChI=1S/C12H18N2O/c1-13-11(12-6-4-8-15-12)9-10-5-2-3-7-14-10/h2-3,5,7,11-13H,4,6,8-9H2,1H3. The molecule has 2 rings (SSSR count). The quantitative estimate of drug-likeness (QED) is 0.808. The summed E-state index contributed by atoms with van der Waals surface area (Å²) in [5, 5.41) is 3.33. The summed E-state index contributed by atoms with van der Waals surface area (Å²) in [6.45, 7) is 0.908. The van der Waals surface area contributed by atoms with Gasteiger partial charge in [0, 0.05) is 31.0 Å². The predicted octanol–water partition coefficient (Wildman–Crippen LogP) is 1.39. The highest BCUT2D eigenvalue weighted by Gasteiger charge is 2.24. The smallest absolute Gasteiger partial charge is 0.0732 e. The van der Waals surface area contributed by atoms with Crippen LogP contribution >= 0.6 is 0 Å². The lowest BCUT2D eigenvalue weighted by atomic mass is 10.0. The molecule has 1 aliphatic heterocycles. The molecule has 1 fully saturated rings. The van der Waals surface area contributed by atoms with E-state index in [2.05, 4.69) is 16.4 Å². The van der Waals surface area contributed by atoms with Crippen LogP contribution < -0.4 is 5.32 Å². The molecule has 1 N–H and O–H groups in total. The molecule has 1 aromatic rings. The molecule has 82 valence electrons. The van der Waals surface area contributed by atoms with Crippen molar-refractivity contribution in [2.75, 3.05) is 13.7 Å². The highest BCUT2D eigenvalue weighted by Crippen LogP contribution is 2.17. The van der Waals surface area contributed by atoms with Crippen LogP contribution in [0.25, 0.3) is 0 Å². The molecule has 0 spiro atoms. The van der Waals surface area contributed by atoms with Gasteiger partial charge in [0.2, 0.25) is 0 Å². The van der Waals surface area contributed by atoms with Gasteiger partial charge in [-0.25, -0.2) is 0 Å². The van der Waals surface area contributed by atoms with E-state index in [1.807, 2.05) is 25.4 Å². The van der Waals surface area contributed by atoms with E-state index in [9.17, 15) is 0 Å². The molecule has 0 saturated carbocycles. The molecule has 0 aromatic carbocycles. The maximum atomic E-state index is 5.69. The lowest BCUT2D eigenvalue weighted by molar-refractivity contribution is 0.0805. The molecule has 2 atom stereocenters. The highest BCUT2D eigenvalue weighted by atomic mass is 16.5. The van der Waals surface area contributed by atoms with Crippen molar-refractivity contribution in [3.63, 3.8) is 0 Å². The number of nitrogens with zero attached hydrogens (tertiary/aromatic N) is 1. The SMILES string of the molecule is CNC(Cc1ccccn1)C1CCCO1. The molecule has 1 aliphatic rings. The van der Waals surface area contributed by atoms with E-state index < -0.39 is 0 Å². The first-order chi connectivity index (χ1) is 7.40. The average Bonchev–Trinajstić information content (AvgIpc) is 2.81. The lowest BCUT2D eigenvalue weighted by Gasteiger charge is -2.21. The van der Waals surface area contributed by atoms with Crippen molar-refractivity contribution in [2.24, 2.45) is 0 Å². The number of hydrogen-bond acceptors (Lipinski definition) is 3. The summed E-state index contributed by atoms with van der Waals surface area (Å²) in [6.07, 6.45) is 5.50. The van der Waals surface area contributed by atoms with E-state index in [0.717, 1.165) is 18.7 Å². The summed E-state index contributed by atoms with van der Waals surface area (Å²) in [6, 6.07) is 6.44. The third-order valence-corrected chi connectivity index (χ3v) is 2.94. The molecule has 2 unspecified atom stereocenters. The number of nitrogens with one attached hydrogen (secondary N) is 1. The van der Waals surface area contributed by atoms with E-state index in [1.165, 1.54) is 12.8 Å². The van der Waals surface area contributed by atoms with Crippen molar-refractivity contribution in [2.45, 2.75) is 31.4 Å². The van der Waals surface area contributed by atoms with Gasteiger partial charge in [0.25, 0.3) is 0 Å². The lowest BCUT2D eigenvalue weighted by Crippen LogP contribution is -2.39. The zero-order chi connectivity index (χ0) is 10.5. The fraction of sp³-hybridized carbons (Fsp3) is 0.583. The predicted molar refractivity (Wildman–Crippen MR) is 59.8 cm³/mol. The Bertz CT molecular complexity index is 283. The van der Waals surface area contributed by atoms with Crippen molar-refractivity contribution >= 4 is 0 Å². The topological polar surface area (TPSA) is 34.2 Å². The Labute approximate surface area is 90.9 Å². The molecule has 15 heavy (non-hydrogen) atoms. The van der Waals surface area contributed by atoms with Crippen LogP contribution in [0, 0.1) is 0 Å². The Balaban J connectivity index is 1.96. The van der Waals surface area contributed by atoms with Gasteiger partial charge in [-0.2, -0.15) is 0 Å². The maximum Gasteiger partial charge on any atom is 0.0732 e. The highest BCUT2D eigenvalue weighted by molar-refractivity contribution is 5.06. The van der Waals surface area contributed by atoms with Crippen molar-refractivity contribution < 1.29 is 4.74 Å². The van der Waals surface area contributed by atoms with E-state index in [1.54, 1.807) is 0 Å². The van der Waals surface area contributed by atoms with Gasteiger partial charge in [-0.05, 0) is 32.0 Å². The molecule has 3 heteroatoms. The van der Waals surface area contributed by atoms with Crippen LogP contribution in [0.1, 0.15) is 18.5 Å². The molecule has 0 aliphatic carbocycles. The first-order valence-electron chi connectivity index (χ1n) is 5.59. The zero-order valence-corrected chi connectivity index (χ0v) is 9.15. The van der Waals surface area contributed by atoms with Crippen molar-refractivity contribution in [1.29, 1.82) is 0 Å². The van der Waals surface area contributed by atoms with E-state index >= 15 is 0 Å². The van der Waals surface area contributed by atoms with Crippen molar-refractivity contribution in [3.8, 4) is 0 Å². The van der Waals surface area contributed by atoms with Crippen LogP contribution in [0.15, 0.2) is 24.4 Å². The van der Waals surface area contributed by atoms with Crippen molar-refractivity contribution in [3.05, 3.63) is 30.1 Å². The molecular formula is C12H18N2O. The van der Waals surface area contributed by atoms with Crippen LogP contribution in [0.2, 0.25) is 0 Å². The first kappa shape index (κ1) is 10.6. The van der Waals surface area contributed by atoms with Gasteiger partial charge in [0.1, 0.15) is 0 Å². The second-order valence-electron chi connectivity index (χ2n) is 3.97. The molecule has 1 saturated heterocycles. The van der Waals surface area contributed by atoms with E-state index in [-0.39, 0.29) is 0 Å². The number of rotatable bonds is 4. The van der Waals surface area contributed by atoms with Gasteiger partial charge in [-0.3, -0.25) is 4.98 Å². The van der Waals surface area contributed by atoms with Crippen LogP contribution in [-0.4, -0.2) is 30.8 Å². The summed E-state index contributed by atoms with van der Waals surface area (Å²) in [7, 11) is 2.00. The van der Waals surface area contributed by atoms with E-state index in [4.69, 9.17) is 4.74 Å². The molecule has 0 bridgehead atoms. The Kier molecular flexibility index (Phi) is 3.69. The Hall–Kier alpha value is -0.930. The van der Waals surface area contributed by atoms with Gasteiger partial charge < -0.3 is 10.1 Å². The number of likely N-dealkylation sites (N-methyl/N-ethyl adjacent to an activating group) is 1. The maximum absolute atomic E-state index is 5.69. The minimum absolute atomic E-state index is 0.358. The normalized spacial score (nSPS) is 22.9. The molecular weight excluding hydrogens is 188 g/mol. The molecule has 2 heterocycles. The summed E-state index contributed by atoms with van der Waals surface area (Å²) in [5.74, 6) is 0.